The predicted molar refractivity (Wildman–Crippen MR) is 72.6 cm³/mol. The van der Waals surface area contributed by atoms with Gasteiger partial charge >= 0.3 is 5.97 Å². The summed E-state index contributed by atoms with van der Waals surface area (Å²) < 4.78 is 0. The Balaban J connectivity index is 2.86. The van der Waals surface area contributed by atoms with Crippen molar-refractivity contribution in [2.75, 3.05) is 5.32 Å². The van der Waals surface area contributed by atoms with E-state index in [9.17, 15) is 14.4 Å². The molecule has 3 N–H and O–H groups in total. The molecule has 0 aliphatic rings. The van der Waals surface area contributed by atoms with E-state index >= 15 is 0 Å². The highest BCUT2D eigenvalue weighted by molar-refractivity contribution is 7.16. The summed E-state index contributed by atoms with van der Waals surface area (Å²) in [7, 11) is 0. The third kappa shape index (κ3) is 4.06. The zero-order valence-electron chi connectivity index (χ0n) is 10.9. The molecule has 1 unspecified atom stereocenters. The maximum atomic E-state index is 11.8. The van der Waals surface area contributed by atoms with Crippen LogP contribution in [0, 0.1) is 0 Å². The molecule has 0 saturated heterocycles. The Morgan fingerprint density at radius 1 is 1.42 bits per heavy atom. The Bertz CT molecular complexity index is 510. The fourth-order valence-electron chi connectivity index (χ4n) is 1.46. The average Bonchev–Trinajstić information content (AvgIpc) is 2.71. The Hall–Kier alpha value is -1.89. The summed E-state index contributed by atoms with van der Waals surface area (Å²) in [5.74, 6) is -1.85. The van der Waals surface area contributed by atoms with E-state index in [2.05, 4.69) is 10.6 Å². The van der Waals surface area contributed by atoms with Crippen LogP contribution in [-0.2, 0) is 16.0 Å². The van der Waals surface area contributed by atoms with Crippen LogP contribution in [0.2, 0.25) is 0 Å². The molecule has 0 bridgehead atoms. The number of thiophene rings is 1. The second-order valence-electron chi connectivity index (χ2n) is 4.03. The van der Waals surface area contributed by atoms with Crippen LogP contribution in [0.4, 0.5) is 5.00 Å². The quantitative estimate of drug-likeness (QED) is 0.763. The Morgan fingerprint density at radius 3 is 2.53 bits per heavy atom. The monoisotopic (exact) mass is 284 g/mol. The second-order valence-corrected chi connectivity index (χ2v) is 5.16. The summed E-state index contributed by atoms with van der Waals surface area (Å²) in [5.41, 5.74) is 0.0743. The minimum atomic E-state index is -1.08. The van der Waals surface area contributed by atoms with Crippen molar-refractivity contribution in [2.24, 2.45) is 0 Å². The summed E-state index contributed by atoms with van der Waals surface area (Å²) in [4.78, 5) is 34.6. The van der Waals surface area contributed by atoms with Gasteiger partial charge in [-0.2, -0.15) is 0 Å². The zero-order valence-corrected chi connectivity index (χ0v) is 11.8. The SMILES string of the molecule is CCc1cc(C(=O)O)c(NC(=O)C(C)NC(C)=O)s1. The zero-order chi connectivity index (χ0) is 14.6. The van der Waals surface area contributed by atoms with E-state index in [0.29, 0.717) is 11.4 Å². The summed E-state index contributed by atoms with van der Waals surface area (Å²) in [6.45, 7) is 4.75. The molecule has 1 heterocycles. The molecule has 0 fully saturated rings. The highest BCUT2D eigenvalue weighted by Crippen LogP contribution is 2.28. The molecule has 0 radical (unpaired) electrons. The smallest absolute Gasteiger partial charge is 0.338 e. The molecule has 1 aromatic rings. The van der Waals surface area contributed by atoms with E-state index in [1.54, 1.807) is 6.07 Å². The third-order valence-corrected chi connectivity index (χ3v) is 3.61. The number of carboxylic acids is 1. The highest BCUT2D eigenvalue weighted by atomic mass is 32.1. The minimum Gasteiger partial charge on any atom is -0.478 e. The molecular formula is C12H16N2O4S. The standard InChI is InChI=1S/C12H16N2O4S/c1-4-8-5-9(12(17)18)11(19-8)14-10(16)6(2)13-7(3)15/h5-6H,4H2,1-3H3,(H,13,15)(H,14,16)(H,17,18). The fraction of sp³-hybridized carbons (Fsp3) is 0.417. The van der Waals surface area contributed by atoms with E-state index in [4.69, 9.17) is 5.11 Å². The Labute approximate surface area is 114 Å². The van der Waals surface area contributed by atoms with Crippen LogP contribution < -0.4 is 10.6 Å². The summed E-state index contributed by atoms with van der Waals surface area (Å²) in [6.07, 6.45) is 0.696. The first-order valence-corrected chi connectivity index (χ1v) is 6.60. The minimum absolute atomic E-state index is 0.0743. The maximum absolute atomic E-state index is 11.8. The highest BCUT2D eigenvalue weighted by Gasteiger charge is 2.20. The number of anilines is 1. The molecule has 6 nitrogen and oxygen atoms in total. The molecule has 0 spiro atoms. The van der Waals surface area contributed by atoms with E-state index in [1.165, 1.54) is 25.2 Å². The molecule has 19 heavy (non-hydrogen) atoms. The normalized spacial score (nSPS) is 11.7. The van der Waals surface area contributed by atoms with Crippen LogP contribution in [0.25, 0.3) is 0 Å². The molecule has 1 aromatic heterocycles. The number of carbonyl (C=O) groups is 3. The molecule has 1 atom stereocenters. The Morgan fingerprint density at radius 2 is 2.05 bits per heavy atom. The summed E-state index contributed by atoms with van der Waals surface area (Å²) in [5, 5.41) is 14.3. The average molecular weight is 284 g/mol. The van der Waals surface area contributed by atoms with Crippen molar-refractivity contribution in [1.82, 2.24) is 5.32 Å². The Kier molecular flexibility index (Phi) is 5.05. The number of aryl methyl sites for hydroxylation is 1. The van der Waals surface area contributed by atoms with Crippen LogP contribution in [0.1, 0.15) is 36.0 Å². The van der Waals surface area contributed by atoms with Gasteiger partial charge in [0.25, 0.3) is 0 Å². The second kappa shape index (κ2) is 6.33. The molecule has 0 aliphatic carbocycles. The van der Waals surface area contributed by atoms with Gasteiger partial charge in [0.05, 0.1) is 5.56 Å². The summed E-state index contributed by atoms with van der Waals surface area (Å²) in [6, 6.07) is 0.831. The third-order valence-electron chi connectivity index (χ3n) is 2.41. The number of amides is 2. The fourth-order valence-corrected chi connectivity index (χ4v) is 2.45. The number of aromatic carboxylic acids is 1. The topological polar surface area (TPSA) is 95.5 Å². The van der Waals surface area contributed by atoms with Gasteiger partial charge in [0, 0.05) is 11.8 Å². The first-order valence-electron chi connectivity index (χ1n) is 5.79. The van der Waals surface area contributed by atoms with Gasteiger partial charge in [0.1, 0.15) is 11.0 Å². The van der Waals surface area contributed by atoms with Crippen LogP contribution in [0.3, 0.4) is 0 Å². The predicted octanol–water partition coefficient (Wildman–Crippen LogP) is 1.47. The van der Waals surface area contributed by atoms with E-state index < -0.39 is 17.9 Å². The van der Waals surface area contributed by atoms with Crippen LogP contribution >= 0.6 is 11.3 Å². The summed E-state index contributed by atoms with van der Waals surface area (Å²) >= 11 is 1.23. The van der Waals surface area contributed by atoms with E-state index in [1.807, 2.05) is 6.92 Å². The van der Waals surface area contributed by atoms with Gasteiger partial charge in [0.2, 0.25) is 11.8 Å². The van der Waals surface area contributed by atoms with Gasteiger partial charge in [-0.1, -0.05) is 6.92 Å². The lowest BCUT2D eigenvalue weighted by molar-refractivity contribution is -0.124. The van der Waals surface area contributed by atoms with Crippen molar-refractivity contribution in [3.05, 3.63) is 16.5 Å². The van der Waals surface area contributed by atoms with Crippen molar-refractivity contribution in [2.45, 2.75) is 33.2 Å². The lowest BCUT2D eigenvalue weighted by atomic mass is 10.2. The van der Waals surface area contributed by atoms with Gasteiger partial charge in [-0.15, -0.1) is 11.3 Å². The molecule has 0 aliphatic heterocycles. The van der Waals surface area contributed by atoms with Crippen molar-refractivity contribution in [3.63, 3.8) is 0 Å². The maximum Gasteiger partial charge on any atom is 0.338 e. The first kappa shape index (κ1) is 15.2. The van der Waals surface area contributed by atoms with Crippen molar-refractivity contribution < 1.29 is 19.5 Å². The van der Waals surface area contributed by atoms with E-state index in [0.717, 1.165) is 4.88 Å². The number of nitrogens with one attached hydrogen (secondary N) is 2. The van der Waals surface area contributed by atoms with Crippen LogP contribution in [0.5, 0.6) is 0 Å². The van der Waals surface area contributed by atoms with Crippen LogP contribution in [0.15, 0.2) is 6.07 Å². The lowest BCUT2D eigenvalue weighted by Crippen LogP contribution is -2.40. The van der Waals surface area contributed by atoms with Gasteiger partial charge in [-0.25, -0.2) is 4.79 Å². The van der Waals surface area contributed by atoms with Gasteiger partial charge in [-0.05, 0) is 19.4 Å². The number of rotatable bonds is 5. The van der Waals surface area contributed by atoms with Crippen molar-refractivity contribution >= 4 is 34.1 Å². The van der Waals surface area contributed by atoms with Gasteiger partial charge in [0.15, 0.2) is 0 Å². The van der Waals surface area contributed by atoms with Crippen molar-refractivity contribution in [1.29, 1.82) is 0 Å². The van der Waals surface area contributed by atoms with Gasteiger partial charge < -0.3 is 15.7 Å². The number of hydrogen-bond acceptors (Lipinski definition) is 4. The number of carboxylic acid groups (broad SMARTS) is 1. The molecule has 7 heteroatoms. The molecule has 0 aromatic carbocycles. The number of hydrogen-bond donors (Lipinski definition) is 3. The lowest BCUT2D eigenvalue weighted by Gasteiger charge is -2.12. The van der Waals surface area contributed by atoms with Crippen molar-refractivity contribution in [3.8, 4) is 0 Å². The molecule has 0 saturated carbocycles. The number of carbonyl (C=O) groups excluding carboxylic acids is 2. The molecule has 104 valence electrons. The molecule has 1 rings (SSSR count). The molecular weight excluding hydrogens is 268 g/mol. The molecule has 2 amide bonds. The largest absolute Gasteiger partial charge is 0.478 e. The van der Waals surface area contributed by atoms with E-state index in [-0.39, 0.29) is 11.5 Å². The first-order chi connectivity index (χ1) is 8.85. The van der Waals surface area contributed by atoms with Crippen LogP contribution in [-0.4, -0.2) is 28.9 Å². The van der Waals surface area contributed by atoms with Gasteiger partial charge in [-0.3, -0.25) is 9.59 Å².